The molecule has 0 fully saturated rings. The fraction of sp³-hybridized carbons (Fsp3) is 0.421. The van der Waals surface area contributed by atoms with Crippen molar-refractivity contribution in [1.82, 2.24) is 5.32 Å². The summed E-state index contributed by atoms with van der Waals surface area (Å²) >= 11 is 1.73. The molecule has 0 saturated heterocycles. The molecule has 3 N–H and O–H groups in total. The van der Waals surface area contributed by atoms with Gasteiger partial charge in [-0.15, -0.1) is 11.3 Å². The maximum Gasteiger partial charge on any atom is 0.256 e. The molecule has 0 aliphatic heterocycles. The largest absolute Gasteiger partial charge is 0.396 e. The highest BCUT2D eigenvalue weighted by atomic mass is 32.1. The molecule has 0 atom stereocenters. The number of hydrogen-bond donors (Lipinski definition) is 3. The van der Waals surface area contributed by atoms with Gasteiger partial charge in [0.1, 0.15) is 5.00 Å². The average molecular weight is 344 g/mol. The van der Waals surface area contributed by atoms with Gasteiger partial charge in [0.2, 0.25) is 0 Å². The van der Waals surface area contributed by atoms with Crippen molar-refractivity contribution in [1.29, 1.82) is 0 Å². The zero-order valence-electron chi connectivity index (χ0n) is 13.8. The molecule has 5 heteroatoms. The Hall–Kier alpha value is -1.69. The minimum atomic E-state index is -0.0502. The Morgan fingerprint density at radius 3 is 2.75 bits per heavy atom. The number of amides is 1. The van der Waals surface area contributed by atoms with Crippen LogP contribution in [0.4, 0.5) is 5.00 Å². The highest BCUT2D eigenvalue weighted by Gasteiger charge is 2.21. The first kappa shape index (κ1) is 17.1. The third-order valence-electron chi connectivity index (χ3n) is 4.36. The maximum atomic E-state index is 12.5. The second-order valence-corrected chi connectivity index (χ2v) is 7.20. The van der Waals surface area contributed by atoms with E-state index in [1.165, 1.54) is 28.8 Å². The number of carbonyl (C=O) groups is 1. The molecule has 128 valence electrons. The molecule has 24 heavy (non-hydrogen) atoms. The molecular formula is C19H24N2O2S. The van der Waals surface area contributed by atoms with Crippen LogP contribution in [0, 0.1) is 0 Å². The normalized spacial score (nSPS) is 13.5. The van der Waals surface area contributed by atoms with Gasteiger partial charge >= 0.3 is 0 Å². The van der Waals surface area contributed by atoms with Crippen molar-refractivity contribution in [3.05, 3.63) is 51.9 Å². The van der Waals surface area contributed by atoms with Crippen molar-refractivity contribution in [2.24, 2.45) is 0 Å². The Kier molecular flexibility index (Phi) is 6.01. The molecule has 1 aliphatic carbocycles. The van der Waals surface area contributed by atoms with Crippen LogP contribution in [0.1, 0.15) is 45.6 Å². The highest BCUT2D eigenvalue weighted by molar-refractivity contribution is 7.16. The van der Waals surface area contributed by atoms with Gasteiger partial charge in [0.05, 0.1) is 0 Å². The van der Waals surface area contributed by atoms with E-state index in [-0.39, 0.29) is 12.5 Å². The zero-order chi connectivity index (χ0) is 16.8. The summed E-state index contributed by atoms with van der Waals surface area (Å²) in [5, 5.41) is 16.4. The van der Waals surface area contributed by atoms with Crippen LogP contribution >= 0.6 is 11.3 Å². The number of benzene rings is 1. The molecule has 0 saturated carbocycles. The van der Waals surface area contributed by atoms with Gasteiger partial charge in [-0.2, -0.15) is 0 Å². The van der Waals surface area contributed by atoms with E-state index in [0.29, 0.717) is 5.56 Å². The van der Waals surface area contributed by atoms with E-state index in [0.717, 1.165) is 37.4 Å². The second kappa shape index (κ2) is 8.42. The lowest BCUT2D eigenvalue weighted by Gasteiger charge is -2.14. The molecule has 4 nitrogen and oxygen atoms in total. The summed E-state index contributed by atoms with van der Waals surface area (Å²) in [5.74, 6) is -0.0502. The van der Waals surface area contributed by atoms with E-state index in [9.17, 15) is 4.79 Å². The molecule has 1 aliphatic rings. The first-order valence-electron chi connectivity index (χ1n) is 8.61. The van der Waals surface area contributed by atoms with Gasteiger partial charge in [0, 0.05) is 29.2 Å². The summed E-state index contributed by atoms with van der Waals surface area (Å²) in [6, 6.07) is 9.35. The Balaban J connectivity index is 1.78. The van der Waals surface area contributed by atoms with E-state index < -0.39 is 0 Å². The molecule has 0 bridgehead atoms. The highest BCUT2D eigenvalue weighted by Crippen LogP contribution is 2.38. The van der Waals surface area contributed by atoms with Crippen molar-refractivity contribution < 1.29 is 9.90 Å². The SMILES string of the molecule is O=C(Nc1sc2c(c1CNCCCO)CCCC2)c1ccccc1. The Morgan fingerprint density at radius 1 is 1.17 bits per heavy atom. The van der Waals surface area contributed by atoms with Crippen LogP contribution in [0.5, 0.6) is 0 Å². The zero-order valence-corrected chi connectivity index (χ0v) is 14.6. The van der Waals surface area contributed by atoms with E-state index in [2.05, 4.69) is 10.6 Å². The van der Waals surface area contributed by atoms with Gasteiger partial charge in [0.25, 0.3) is 5.91 Å². The smallest absolute Gasteiger partial charge is 0.256 e. The number of anilines is 1. The number of nitrogens with one attached hydrogen (secondary N) is 2. The van der Waals surface area contributed by atoms with Gasteiger partial charge in [-0.1, -0.05) is 18.2 Å². The van der Waals surface area contributed by atoms with E-state index >= 15 is 0 Å². The molecule has 2 aromatic rings. The fourth-order valence-electron chi connectivity index (χ4n) is 3.10. The summed E-state index contributed by atoms with van der Waals surface area (Å²) in [5.41, 5.74) is 3.34. The van der Waals surface area contributed by atoms with Crippen molar-refractivity contribution in [3.8, 4) is 0 Å². The monoisotopic (exact) mass is 344 g/mol. The van der Waals surface area contributed by atoms with Gasteiger partial charge in [-0.05, 0) is 56.3 Å². The summed E-state index contributed by atoms with van der Waals surface area (Å²) in [6.45, 7) is 1.73. The number of aliphatic hydroxyl groups excluding tert-OH is 1. The maximum absolute atomic E-state index is 12.5. The van der Waals surface area contributed by atoms with Crippen LogP contribution < -0.4 is 10.6 Å². The third kappa shape index (κ3) is 4.04. The van der Waals surface area contributed by atoms with Crippen molar-refractivity contribution in [3.63, 3.8) is 0 Å². The minimum Gasteiger partial charge on any atom is -0.396 e. The molecule has 3 rings (SSSR count). The number of carbonyl (C=O) groups excluding carboxylic acids is 1. The van der Waals surface area contributed by atoms with E-state index in [4.69, 9.17) is 5.11 Å². The van der Waals surface area contributed by atoms with Crippen molar-refractivity contribution in [2.75, 3.05) is 18.5 Å². The van der Waals surface area contributed by atoms with E-state index in [1.807, 2.05) is 30.3 Å². The predicted molar refractivity (Wildman–Crippen MR) is 98.8 cm³/mol. The molecule has 1 amide bonds. The second-order valence-electron chi connectivity index (χ2n) is 6.09. The van der Waals surface area contributed by atoms with Crippen LogP contribution in [0.25, 0.3) is 0 Å². The topological polar surface area (TPSA) is 61.4 Å². The van der Waals surface area contributed by atoms with Crippen molar-refractivity contribution >= 4 is 22.2 Å². The van der Waals surface area contributed by atoms with Crippen LogP contribution in [0.3, 0.4) is 0 Å². The lowest BCUT2D eigenvalue weighted by Crippen LogP contribution is -2.19. The molecule has 1 heterocycles. The Labute approximate surface area is 146 Å². The quantitative estimate of drug-likeness (QED) is 0.675. The Morgan fingerprint density at radius 2 is 1.96 bits per heavy atom. The molecule has 1 aromatic carbocycles. The molecule has 1 aromatic heterocycles. The molecule has 0 unspecified atom stereocenters. The van der Waals surface area contributed by atoms with Gasteiger partial charge < -0.3 is 15.7 Å². The standard InChI is InChI=1S/C19H24N2O2S/c22-12-6-11-20-13-16-15-9-4-5-10-17(15)24-19(16)21-18(23)14-7-2-1-3-8-14/h1-3,7-8,20,22H,4-6,9-13H2,(H,21,23). The number of hydrogen-bond acceptors (Lipinski definition) is 4. The van der Waals surface area contributed by atoms with Gasteiger partial charge in [-0.25, -0.2) is 0 Å². The first-order chi connectivity index (χ1) is 11.8. The third-order valence-corrected chi connectivity index (χ3v) is 5.61. The number of thiophene rings is 1. The number of aryl methyl sites for hydroxylation is 1. The number of fused-ring (bicyclic) bond motifs is 1. The molecule has 0 radical (unpaired) electrons. The van der Waals surface area contributed by atoms with Crippen LogP contribution in [-0.4, -0.2) is 24.2 Å². The predicted octanol–water partition coefficient (Wildman–Crippen LogP) is 3.35. The molecular weight excluding hydrogens is 320 g/mol. The van der Waals surface area contributed by atoms with Gasteiger partial charge in [-0.3, -0.25) is 4.79 Å². The molecule has 0 spiro atoms. The summed E-state index contributed by atoms with van der Waals surface area (Å²) in [7, 11) is 0. The minimum absolute atomic E-state index is 0.0502. The lowest BCUT2D eigenvalue weighted by atomic mass is 9.95. The fourth-order valence-corrected chi connectivity index (χ4v) is 4.41. The van der Waals surface area contributed by atoms with Crippen LogP contribution in [0.2, 0.25) is 0 Å². The average Bonchev–Trinajstić information content (AvgIpc) is 2.97. The van der Waals surface area contributed by atoms with E-state index in [1.54, 1.807) is 11.3 Å². The lowest BCUT2D eigenvalue weighted by molar-refractivity contribution is 0.102. The van der Waals surface area contributed by atoms with Gasteiger partial charge in [0.15, 0.2) is 0 Å². The summed E-state index contributed by atoms with van der Waals surface area (Å²) < 4.78 is 0. The van der Waals surface area contributed by atoms with Crippen LogP contribution in [0.15, 0.2) is 30.3 Å². The van der Waals surface area contributed by atoms with Crippen molar-refractivity contribution in [2.45, 2.75) is 38.6 Å². The first-order valence-corrected chi connectivity index (χ1v) is 9.42. The number of rotatable bonds is 7. The summed E-state index contributed by atoms with van der Waals surface area (Å²) in [6.07, 6.45) is 5.42. The van der Waals surface area contributed by atoms with Crippen LogP contribution in [-0.2, 0) is 19.4 Å². The summed E-state index contributed by atoms with van der Waals surface area (Å²) in [4.78, 5) is 13.9. The Bertz CT molecular complexity index is 682. The number of aliphatic hydroxyl groups is 1.